The molecule has 0 spiro atoms. The first-order chi connectivity index (χ1) is 21.4. The van der Waals surface area contributed by atoms with Crippen LogP contribution in [0.1, 0.15) is 106 Å². The van der Waals surface area contributed by atoms with Crippen molar-refractivity contribution in [2.24, 2.45) is 0 Å². The summed E-state index contributed by atoms with van der Waals surface area (Å²) in [4.78, 5) is 33.4. The number of ether oxygens (including phenoxy) is 1. The minimum atomic E-state index is -1.35. The Morgan fingerprint density at radius 1 is 0.977 bits per heavy atom. The van der Waals surface area contributed by atoms with E-state index in [1.165, 1.54) is 39.0 Å². The van der Waals surface area contributed by atoms with Gasteiger partial charge in [0.2, 0.25) is 11.5 Å². The minimum Gasteiger partial charge on any atom is -0.439 e. The number of aryl methyl sites for hydroxylation is 1. The Balaban J connectivity index is 1.75. The van der Waals surface area contributed by atoms with Gasteiger partial charge in [0.05, 0.1) is 11.3 Å². The molecule has 2 aromatic heterocycles. The van der Waals surface area contributed by atoms with Crippen molar-refractivity contribution >= 4 is 34.2 Å². The van der Waals surface area contributed by atoms with Gasteiger partial charge in [-0.25, -0.2) is 4.79 Å². The highest BCUT2D eigenvalue weighted by atomic mass is 16.6. The molecule has 3 heterocycles. The predicted octanol–water partition coefficient (Wildman–Crippen LogP) is 8.36. The Morgan fingerprint density at radius 3 is 2.50 bits per heavy atom. The lowest BCUT2D eigenvalue weighted by molar-refractivity contribution is -0.114. The Labute approximate surface area is 261 Å². The van der Waals surface area contributed by atoms with Crippen LogP contribution in [-0.4, -0.2) is 34.5 Å². The Morgan fingerprint density at radius 2 is 1.75 bits per heavy atom. The van der Waals surface area contributed by atoms with E-state index in [-0.39, 0.29) is 5.91 Å². The molecule has 1 aliphatic rings. The molecule has 1 unspecified atom stereocenters. The third kappa shape index (κ3) is 5.72. The van der Waals surface area contributed by atoms with Gasteiger partial charge in [-0.1, -0.05) is 70.2 Å². The highest BCUT2D eigenvalue weighted by Gasteiger charge is 2.53. The first-order valence-electron chi connectivity index (χ1n) is 16.3. The average Bonchev–Trinajstić information content (AvgIpc) is 3.48. The van der Waals surface area contributed by atoms with Crippen LogP contribution in [0.25, 0.3) is 10.9 Å². The summed E-state index contributed by atoms with van der Waals surface area (Å²) < 4.78 is 8.95. The lowest BCUT2D eigenvalue weighted by Crippen LogP contribution is -2.33. The van der Waals surface area contributed by atoms with Gasteiger partial charge < -0.3 is 19.5 Å². The molecule has 1 amide bonds. The number of para-hydroxylation sites is 1. The highest BCUT2D eigenvalue weighted by Crippen LogP contribution is 2.52. The fourth-order valence-electron chi connectivity index (χ4n) is 6.86. The summed E-state index contributed by atoms with van der Waals surface area (Å²) in [5, 5.41) is 4.11. The van der Waals surface area contributed by atoms with E-state index in [1.54, 1.807) is 18.3 Å². The first-order valence-corrected chi connectivity index (χ1v) is 16.3. The van der Waals surface area contributed by atoms with Crippen LogP contribution in [0, 0.1) is 6.92 Å². The summed E-state index contributed by atoms with van der Waals surface area (Å²) in [5.41, 5.74) is 4.99. The van der Waals surface area contributed by atoms with Crippen LogP contribution in [-0.2, 0) is 21.7 Å². The van der Waals surface area contributed by atoms with Gasteiger partial charge in [0.1, 0.15) is 5.69 Å². The van der Waals surface area contributed by atoms with Crippen LogP contribution < -0.4 is 10.2 Å². The zero-order chi connectivity index (χ0) is 31.3. The lowest BCUT2D eigenvalue weighted by Gasteiger charge is -2.33. The molecule has 0 saturated heterocycles. The normalized spacial score (nSPS) is 15.8. The van der Waals surface area contributed by atoms with Crippen molar-refractivity contribution in [2.45, 2.75) is 91.7 Å². The Bertz CT molecular complexity index is 1640. The molecule has 0 radical (unpaired) electrons. The van der Waals surface area contributed by atoms with E-state index in [9.17, 15) is 9.59 Å². The van der Waals surface area contributed by atoms with E-state index in [1.807, 2.05) is 18.2 Å². The number of aromatic nitrogens is 2. The molecule has 0 bridgehead atoms. The van der Waals surface area contributed by atoms with Crippen molar-refractivity contribution in [3.05, 3.63) is 88.9 Å². The summed E-state index contributed by atoms with van der Waals surface area (Å²) in [6.45, 7) is 12.8. The Hall–Kier alpha value is -4.13. The van der Waals surface area contributed by atoms with E-state index in [0.29, 0.717) is 22.5 Å². The maximum atomic E-state index is 13.7. The maximum Gasteiger partial charge on any atom is 0.341 e. The third-order valence-electron chi connectivity index (χ3n) is 8.86. The predicted molar refractivity (Wildman–Crippen MR) is 179 cm³/mol. The van der Waals surface area contributed by atoms with Crippen molar-refractivity contribution in [1.29, 1.82) is 0 Å². The van der Waals surface area contributed by atoms with Gasteiger partial charge in [-0.05, 0) is 57.0 Å². The van der Waals surface area contributed by atoms with Gasteiger partial charge in [0.25, 0.3) is 0 Å². The molecule has 7 heteroatoms. The second kappa shape index (κ2) is 13.7. The van der Waals surface area contributed by atoms with Gasteiger partial charge in [0, 0.05) is 66.2 Å². The largest absolute Gasteiger partial charge is 0.439 e. The van der Waals surface area contributed by atoms with E-state index in [4.69, 9.17) is 9.72 Å². The lowest BCUT2D eigenvalue weighted by atomic mass is 9.80. The van der Waals surface area contributed by atoms with Gasteiger partial charge in [-0.3, -0.25) is 9.78 Å². The number of rotatable bonds is 14. The molecule has 0 aliphatic carbocycles. The number of hydrogen-bond acceptors (Lipinski definition) is 5. The summed E-state index contributed by atoms with van der Waals surface area (Å²) in [6, 6.07) is 18.0. The fourth-order valence-corrected chi connectivity index (χ4v) is 6.86. The topological polar surface area (TPSA) is 76.5 Å². The van der Waals surface area contributed by atoms with E-state index in [2.05, 4.69) is 66.7 Å². The molecule has 0 fully saturated rings. The molecule has 1 N–H and O–H groups in total. The van der Waals surface area contributed by atoms with E-state index in [0.717, 1.165) is 60.3 Å². The number of fused-ring (bicyclic) bond motifs is 2. The monoisotopic (exact) mass is 594 g/mol. The standard InChI is InChI=1S/C37H46N4O3/c1-6-9-10-11-12-15-24-41-26(4)34(29-17-13-14-19-33(29)41)37(35-30(36(43)44-37)18-16-22-38-35)31-21-20-28(40(8-3)23-7-2)25-32(31)39-27(5)42/h13-14,16-22,25H,6-12,15,23-24H2,1-5H3,(H,39,42). The zero-order valence-electron chi connectivity index (χ0n) is 26.9. The summed E-state index contributed by atoms with van der Waals surface area (Å²) in [5.74, 6) is -0.607. The molecular formula is C37H46N4O3. The number of nitrogens with one attached hydrogen (secondary N) is 1. The SMILES string of the molecule is CCCCCCCCn1c(C)c(C2(c3ccc(N(CC)CCC)cc3NC(C)=O)OC(=O)c3cccnc32)c2ccccc21. The van der Waals surface area contributed by atoms with Crippen molar-refractivity contribution in [1.82, 2.24) is 9.55 Å². The van der Waals surface area contributed by atoms with Crippen molar-refractivity contribution in [2.75, 3.05) is 23.3 Å². The second-order valence-electron chi connectivity index (χ2n) is 11.9. The minimum absolute atomic E-state index is 0.190. The molecule has 7 nitrogen and oxygen atoms in total. The number of anilines is 2. The van der Waals surface area contributed by atoms with Gasteiger partial charge in [0.15, 0.2) is 0 Å². The van der Waals surface area contributed by atoms with Crippen LogP contribution >= 0.6 is 0 Å². The molecule has 2 aromatic carbocycles. The number of unbranched alkanes of at least 4 members (excludes halogenated alkanes) is 5. The second-order valence-corrected chi connectivity index (χ2v) is 11.9. The number of carbonyl (C=O) groups excluding carboxylic acids is 2. The number of benzene rings is 2. The van der Waals surface area contributed by atoms with Gasteiger partial charge >= 0.3 is 5.97 Å². The quantitative estimate of drug-likeness (QED) is 0.117. The molecule has 0 saturated carbocycles. The van der Waals surface area contributed by atoms with Crippen LogP contribution in [0.4, 0.5) is 11.4 Å². The number of pyridine rings is 1. The van der Waals surface area contributed by atoms with Gasteiger partial charge in [-0.2, -0.15) is 0 Å². The number of amides is 1. The number of cyclic esters (lactones) is 1. The molecule has 44 heavy (non-hydrogen) atoms. The summed E-state index contributed by atoms with van der Waals surface area (Å²) >= 11 is 0. The molecule has 1 aliphatic heterocycles. The van der Waals surface area contributed by atoms with Crippen molar-refractivity contribution in [3.8, 4) is 0 Å². The molecule has 232 valence electrons. The zero-order valence-corrected chi connectivity index (χ0v) is 26.9. The van der Waals surface area contributed by atoms with Gasteiger partial charge in [-0.15, -0.1) is 0 Å². The molecule has 1 atom stereocenters. The number of hydrogen-bond donors (Lipinski definition) is 1. The third-order valence-corrected chi connectivity index (χ3v) is 8.86. The average molecular weight is 595 g/mol. The number of carbonyl (C=O) groups is 2. The van der Waals surface area contributed by atoms with Crippen molar-refractivity contribution < 1.29 is 14.3 Å². The summed E-state index contributed by atoms with van der Waals surface area (Å²) in [6.07, 6.45) is 9.97. The molecular weight excluding hydrogens is 548 g/mol. The van der Waals surface area contributed by atoms with Crippen molar-refractivity contribution in [3.63, 3.8) is 0 Å². The van der Waals surface area contributed by atoms with E-state index >= 15 is 0 Å². The highest BCUT2D eigenvalue weighted by molar-refractivity contribution is 5.99. The van der Waals surface area contributed by atoms with Crippen LogP contribution in [0.2, 0.25) is 0 Å². The first kappa shape index (κ1) is 31.3. The smallest absolute Gasteiger partial charge is 0.341 e. The summed E-state index contributed by atoms with van der Waals surface area (Å²) in [7, 11) is 0. The number of nitrogens with zero attached hydrogens (tertiary/aromatic N) is 3. The molecule has 4 aromatic rings. The Kier molecular flexibility index (Phi) is 9.72. The van der Waals surface area contributed by atoms with E-state index < -0.39 is 11.6 Å². The maximum absolute atomic E-state index is 13.7. The van der Waals surface area contributed by atoms with Crippen LogP contribution in [0.5, 0.6) is 0 Å². The van der Waals surface area contributed by atoms with Crippen LogP contribution in [0.15, 0.2) is 60.8 Å². The fraction of sp³-hybridized carbons (Fsp3) is 0.432. The number of esters is 1. The van der Waals surface area contributed by atoms with Crippen LogP contribution in [0.3, 0.4) is 0 Å². The molecule has 5 rings (SSSR count).